The second-order valence-electron chi connectivity index (χ2n) is 4.33. The van der Waals surface area contributed by atoms with Gasteiger partial charge >= 0.3 is 0 Å². The smallest absolute Gasteiger partial charge is 0.222 e. The zero-order valence-electron chi connectivity index (χ0n) is 9.89. The van der Waals surface area contributed by atoms with Crippen LogP contribution in [0.4, 0.5) is 5.95 Å². The lowest BCUT2D eigenvalue weighted by Gasteiger charge is -2.05. The van der Waals surface area contributed by atoms with Crippen LogP contribution < -0.4 is 5.32 Å². The van der Waals surface area contributed by atoms with Crippen LogP contribution in [0.2, 0.25) is 0 Å². The molecule has 0 unspecified atom stereocenters. The molecule has 1 N–H and O–H groups in total. The lowest BCUT2D eigenvalue weighted by atomic mass is 10.4. The third-order valence-corrected chi connectivity index (χ3v) is 4.42. The molecule has 0 saturated heterocycles. The Morgan fingerprint density at radius 2 is 2.00 bits per heavy atom. The van der Waals surface area contributed by atoms with Crippen LogP contribution in [0.5, 0.6) is 0 Å². The molecule has 0 aliphatic heterocycles. The molecule has 1 heterocycles. The summed E-state index contributed by atoms with van der Waals surface area (Å²) in [6.07, 6.45) is 6.59. The zero-order chi connectivity index (χ0) is 12.3. The Labute approximate surface area is 102 Å². The van der Waals surface area contributed by atoms with Crippen molar-refractivity contribution in [3.8, 4) is 0 Å². The average molecular weight is 255 g/mol. The van der Waals surface area contributed by atoms with Gasteiger partial charge in [-0.1, -0.05) is 13.3 Å². The van der Waals surface area contributed by atoms with Crippen LogP contribution in [0.15, 0.2) is 17.3 Å². The summed E-state index contributed by atoms with van der Waals surface area (Å²) >= 11 is 0. The third kappa shape index (κ3) is 3.39. The zero-order valence-corrected chi connectivity index (χ0v) is 10.7. The summed E-state index contributed by atoms with van der Waals surface area (Å²) in [5.74, 6) is 0.685. The van der Waals surface area contributed by atoms with Crippen LogP contribution in [0.3, 0.4) is 0 Å². The highest BCUT2D eigenvalue weighted by Crippen LogP contribution is 2.22. The van der Waals surface area contributed by atoms with E-state index in [0.29, 0.717) is 18.4 Å². The molecule has 1 fully saturated rings. The Morgan fingerprint density at radius 1 is 1.35 bits per heavy atom. The van der Waals surface area contributed by atoms with Crippen LogP contribution in [-0.4, -0.2) is 30.2 Å². The normalized spacial score (nSPS) is 15.8. The van der Waals surface area contributed by atoms with Gasteiger partial charge < -0.3 is 5.32 Å². The standard InChI is InChI=1S/C11H17N3O2S/c1-2-3-6-17(15,16)10-7-12-11(13-8-10)14-9-4-5-9/h7-9H,2-6H2,1H3,(H,12,13,14). The van der Waals surface area contributed by atoms with E-state index in [1.807, 2.05) is 6.92 Å². The number of hydrogen-bond donors (Lipinski definition) is 1. The van der Waals surface area contributed by atoms with E-state index in [1.54, 1.807) is 0 Å². The van der Waals surface area contributed by atoms with Crippen molar-refractivity contribution in [1.82, 2.24) is 9.97 Å². The van der Waals surface area contributed by atoms with Gasteiger partial charge in [0.1, 0.15) is 4.90 Å². The number of sulfone groups is 1. The second-order valence-corrected chi connectivity index (χ2v) is 6.44. The Balaban J connectivity index is 2.05. The van der Waals surface area contributed by atoms with Gasteiger partial charge in [0.25, 0.3) is 0 Å². The van der Waals surface area contributed by atoms with Crippen molar-refractivity contribution < 1.29 is 8.42 Å². The van der Waals surface area contributed by atoms with E-state index in [9.17, 15) is 8.42 Å². The molecule has 2 rings (SSSR count). The fraction of sp³-hybridized carbons (Fsp3) is 0.636. The Hall–Kier alpha value is -1.17. The van der Waals surface area contributed by atoms with Crippen LogP contribution in [0, 0.1) is 0 Å². The Bertz CT molecular complexity index is 466. The first-order chi connectivity index (χ1) is 8.12. The summed E-state index contributed by atoms with van der Waals surface area (Å²) in [5.41, 5.74) is 0. The van der Waals surface area contributed by atoms with Crippen molar-refractivity contribution in [3.63, 3.8) is 0 Å². The van der Waals surface area contributed by atoms with Crippen molar-refractivity contribution in [1.29, 1.82) is 0 Å². The molecule has 1 aromatic heterocycles. The SMILES string of the molecule is CCCCS(=O)(=O)c1cnc(NC2CC2)nc1. The van der Waals surface area contributed by atoms with Gasteiger partial charge in [-0.3, -0.25) is 0 Å². The predicted octanol–water partition coefficient (Wildman–Crippen LogP) is 1.62. The molecule has 1 aromatic rings. The number of rotatable bonds is 6. The summed E-state index contributed by atoms with van der Waals surface area (Å²) in [6.45, 7) is 1.97. The molecule has 0 radical (unpaired) electrons. The molecule has 1 saturated carbocycles. The van der Waals surface area contributed by atoms with E-state index in [1.165, 1.54) is 12.4 Å². The van der Waals surface area contributed by atoms with E-state index < -0.39 is 9.84 Å². The maximum Gasteiger partial charge on any atom is 0.222 e. The molecule has 17 heavy (non-hydrogen) atoms. The molecule has 5 nitrogen and oxygen atoms in total. The molecule has 0 amide bonds. The van der Waals surface area contributed by atoms with Crippen molar-refractivity contribution in [2.24, 2.45) is 0 Å². The van der Waals surface area contributed by atoms with Gasteiger partial charge in [0, 0.05) is 6.04 Å². The second kappa shape index (κ2) is 5.00. The maximum atomic E-state index is 11.8. The Morgan fingerprint density at radius 3 is 2.53 bits per heavy atom. The third-order valence-electron chi connectivity index (χ3n) is 2.66. The summed E-state index contributed by atoms with van der Waals surface area (Å²) in [7, 11) is -3.20. The highest BCUT2D eigenvalue weighted by atomic mass is 32.2. The first-order valence-corrected chi connectivity index (χ1v) is 7.58. The minimum absolute atomic E-state index is 0.169. The fourth-order valence-corrected chi connectivity index (χ4v) is 2.74. The summed E-state index contributed by atoms with van der Waals surface area (Å²) in [6, 6.07) is 0.470. The van der Waals surface area contributed by atoms with Gasteiger partial charge in [-0.05, 0) is 19.3 Å². The number of nitrogens with one attached hydrogen (secondary N) is 1. The van der Waals surface area contributed by atoms with E-state index in [2.05, 4.69) is 15.3 Å². The van der Waals surface area contributed by atoms with Gasteiger partial charge in [-0.25, -0.2) is 18.4 Å². The molecule has 0 bridgehead atoms. The van der Waals surface area contributed by atoms with Gasteiger partial charge in [0.05, 0.1) is 18.1 Å². The predicted molar refractivity (Wildman–Crippen MR) is 65.6 cm³/mol. The molecular weight excluding hydrogens is 238 g/mol. The van der Waals surface area contributed by atoms with Crippen LogP contribution in [-0.2, 0) is 9.84 Å². The first-order valence-electron chi connectivity index (χ1n) is 5.93. The number of aromatic nitrogens is 2. The van der Waals surface area contributed by atoms with E-state index in [0.717, 1.165) is 19.3 Å². The molecule has 0 aromatic carbocycles. The minimum Gasteiger partial charge on any atom is -0.351 e. The summed E-state index contributed by atoms with van der Waals surface area (Å²) in [5, 5.41) is 3.12. The van der Waals surface area contributed by atoms with Gasteiger partial charge in [0.15, 0.2) is 9.84 Å². The van der Waals surface area contributed by atoms with Crippen molar-refractivity contribution >= 4 is 15.8 Å². The van der Waals surface area contributed by atoms with Crippen molar-refractivity contribution in [2.45, 2.75) is 43.5 Å². The molecule has 1 aliphatic rings. The summed E-state index contributed by atoms with van der Waals surface area (Å²) in [4.78, 5) is 8.28. The fourth-order valence-electron chi connectivity index (χ4n) is 1.41. The van der Waals surface area contributed by atoms with E-state index in [4.69, 9.17) is 0 Å². The highest BCUT2D eigenvalue weighted by molar-refractivity contribution is 7.91. The maximum absolute atomic E-state index is 11.8. The van der Waals surface area contributed by atoms with Crippen LogP contribution in [0.1, 0.15) is 32.6 Å². The Kier molecular flexibility index (Phi) is 3.61. The van der Waals surface area contributed by atoms with Crippen molar-refractivity contribution in [3.05, 3.63) is 12.4 Å². The topological polar surface area (TPSA) is 72.0 Å². The number of unbranched alkanes of at least 4 members (excludes halogenated alkanes) is 1. The molecular formula is C11H17N3O2S. The van der Waals surface area contributed by atoms with Crippen molar-refractivity contribution in [2.75, 3.05) is 11.1 Å². The lowest BCUT2D eigenvalue weighted by Crippen LogP contribution is -2.10. The quantitative estimate of drug-likeness (QED) is 0.836. The van der Waals surface area contributed by atoms with Gasteiger partial charge in [-0.2, -0.15) is 0 Å². The molecule has 6 heteroatoms. The molecule has 0 atom stereocenters. The van der Waals surface area contributed by atoms with Gasteiger partial charge in [-0.15, -0.1) is 0 Å². The van der Waals surface area contributed by atoms with Gasteiger partial charge in [0.2, 0.25) is 5.95 Å². The first kappa shape index (κ1) is 12.3. The van der Waals surface area contributed by atoms with E-state index >= 15 is 0 Å². The van der Waals surface area contributed by atoms with Crippen LogP contribution >= 0.6 is 0 Å². The minimum atomic E-state index is -3.20. The average Bonchev–Trinajstić information content (AvgIpc) is 3.11. The number of nitrogens with zero attached hydrogens (tertiary/aromatic N) is 2. The summed E-state index contributed by atoms with van der Waals surface area (Å²) < 4.78 is 23.7. The highest BCUT2D eigenvalue weighted by Gasteiger charge is 2.22. The van der Waals surface area contributed by atoms with E-state index in [-0.39, 0.29) is 10.6 Å². The lowest BCUT2D eigenvalue weighted by molar-refractivity contribution is 0.592. The molecule has 0 spiro atoms. The number of hydrogen-bond acceptors (Lipinski definition) is 5. The molecule has 94 valence electrons. The largest absolute Gasteiger partial charge is 0.351 e. The molecule has 1 aliphatic carbocycles. The van der Waals surface area contributed by atoms with Crippen LogP contribution in [0.25, 0.3) is 0 Å². The number of anilines is 1. The monoisotopic (exact) mass is 255 g/mol.